The van der Waals surface area contributed by atoms with Gasteiger partial charge in [-0.25, -0.2) is 0 Å². The van der Waals surface area contributed by atoms with Gasteiger partial charge in [-0.1, -0.05) is 30.3 Å². The van der Waals surface area contributed by atoms with Crippen molar-refractivity contribution in [3.8, 4) is 0 Å². The molecule has 1 rings (SSSR count). The molecule has 1 aromatic rings. The number of nitrogens with zero attached hydrogens (tertiary/aromatic N) is 1. The fourth-order valence-corrected chi connectivity index (χ4v) is 2.72. The molecule has 1 amide bonds. The average Bonchev–Trinajstić information content (AvgIpc) is 2.35. The summed E-state index contributed by atoms with van der Waals surface area (Å²) in [5, 5.41) is 0. The van der Waals surface area contributed by atoms with Crippen LogP contribution in [0.4, 0.5) is 0 Å². The predicted molar refractivity (Wildman–Crippen MR) is 73.3 cm³/mol. The van der Waals surface area contributed by atoms with Gasteiger partial charge in [0.1, 0.15) is 6.04 Å². The van der Waals surface area contributed by atoms with Crippen LogP contribution in [0.5, 0.6) is 0 Å². The summed E-state index contributed by atoms with van der Waals surface area (Å²) in [6.07, 6.45) is 0. The van der Waals surface area contributed by atoms with Gasteiger partial charge in [0.05, 0.1) is 0 Å². The van der Waals surface area contributed by atoms with Crippen molar-refractivity contribution in [2.75, 3.05) is 7.05 Å². The Labute approximate surface area is 113 Å². The van der Waals surface area contributed by atoms with Crippen LogP contribution in [0.1, 0.15) is 25.5 Å². The Morgan fingerprint density at radius 2 is 1.79 bits per heavy atom. The van der Waals surface area contributed by atoms with E-state index in [2.05, 4.69) is 4.72 Å². The first-order valence-corrected chi connectivity index (χ1v) is 7.29. The van der Waals surface area contributed by atoms with Crippen molar-refractivity contribution in [3.63, 3.8) is 0 Å². The summed E-state index contributed by atoms with van der Waals surface area (Å²) >= 11 is 0. The Balaban J connectivity index is 3.02. The van der Waals surface area contributed by atoms with Gasteiger partial charge in [0.25, 0.3) is 10.2 Å². The van der Waals surface area contributed by atoms with Gasteiger partial charge in [0.2, 0.25) is 5.91 Å². The molecule has 0 fully saturated rings. The first-order chi connectivity index (χ1) is 8.75. The molecule has 0 unspecified atom stereocenters. The van der Waals surface area contributed by atoms with Crippen molar-refractivity contribution in [1.82, 2.24) is 9.03 Å². The maximum atomic E-state index is 12.1. The minimum atomic E-state index is -3.77. The molecule has 106 valence electrons. The number of carbonyl (C=O) groups excluding carboxylic acids is 1. The van der Waals surface area contributed by atoms with Gasteiger partial charge < -0.3 is 5.73 Å². The maximum Gasteiger partial charge on any atom is 0.280 e. The Bertz CT molecular complexity index is 528. The van der Waals surface area contributed by atoms with Gasteiger partial charge in [-0.2, -0.15) is 17.4 Å². The molecule has 1 aromatic carbocycles. The van der Waals surface area contributed by atoms with Crippen LogP contribution in [-0.2, 0) is 15.0 Å². The molecule has 0 radical (unpaired) electrons. The zero-order chi connectivity index (χ0) is 14.6. The lowest BCUT2D eigenvalue weighted by atomic mass is 10.1. The third-order valence-electron chi connectivity index (χ3n) is 2.79. The topological polar surface area (TPSA) is 92.5 Å². The lowest BCUT2D eigenvalue weighted by Crippen LogP contribution is -2.46. The second kappa shape index (κ2) is 6.14. The molecule has 0 heterocycles. The Kier molecular flexibility index (Phi) is 5.04. The van der Waals surface area contributed by atoms with Gasteiger partial charge in [0.15, 0.2) is 0 Å². The average molecular weight is 285 g/mol. The third kappa shape index (κ3) is 4.02. The number of nitrogens with one attached hydrogen (secondary N) is 1. The number of primary amides is 1. The van der Waals surface area contributed by atoms with Crippen molar-refractivity contribution in [2.45, 2.75) is 25.9 Å². The van der Waals surface area contributed by atoms with E-state index in [9.17, 15) is 13.2 Å². The van der Waals surface area contributed by atoms with Crippen LogP contribution in [0.25, 0.3) is 0 Å². The fourth-order valence-electron chi connectivity index (χ4n) is 1.45. The molecular weight excluding hydrogens is 266 g/mol. The lowest BCUT2D eigenvalue weighted by Gasteiger charge is -2.24. The van der Waals surface area contributed by atoms with E-state index in [4.69, 9.17) is 5.73 Å². The Morgan fingerprint density at radius 3 is 2.21 bits per heavy atom. The molecule has 0 saturated carbocycles. The Hall–Kier alpha value is -1.44. The third-order valence-corrected chi connectivity index (χ3v) is 4.50. The highest BCUT2D eigenvalue weighted by atomic mass is 32.2. The van der Waals surface area contributed by atoms with Crippen LogP contribution in [-0.4, -0.2) is 31.7 Å². The molecule has 1 atom stereocenters. The number of carbonyl (C=O) groups is 1. The first kappa shape index (κ1) is 15.6. The minimum Gasteiger partial charge on any atom is -0.368 e. The summed E-state index contributed by atoms with van der Waals surface area (Å²) in [6.45, 7) is 3.47. The summed E-state index contributed by atoms with van der Waals surface area (Å²) in [4.78, 5) is 11.4. The summed E-state index contributed by atoms with van der Waals surface area (Å²) in [7, 11) is -2.33. The van der Waals surface area contributed by atoms with Gasteiger partial charge in [-0.3, -0.25) is 4.79 Å². The zero-order valence-electron chi connectivity index (χ0n) is 11.2. The number of hydrogen-bond donors (Lipinski definition) is 2. The highest BCUT2D eigenvalue weighted by Crippen LogP contribution is 2.14. The number of nitrogens with two attached hydrogens (primary N) is 1. The van der Waals surface area contributed by atoms with Gasteiger partial charge in [0, 0.05) is 13.1 Å². The summed E-state index contributed by atoms with van der Waals surface area (Å²) in [5.74, 6) is -0.744. The van der Waals surface area contributed by atoms with Crippen LogP contribution in [0.3, 0.4) is 0 Å². The molecule has 6 nitrogen and oxygen atoms in total. The maximum absolute atomic E-state index is 12.1. The van der Waals surface area contributed by atoms with Crippen LogP contribution in [0, 0.1) is 0 Å². The highest BCUT2D eigenvalue weighted by Gasteiger charge is 2.28. The number of rotatable bonds is 6. The van der Waals surface area contributed by atoms with Crippen molar-refractivity contribution < 1.29 is 13.2 Å². The summed E-state index contributed by atoms with van der Waals surface area (Å²) < 4.78 is 27.6. The Morgan fingerprint density at radius 1 is 1.26 bits per heavy atom. The highest BCUT2D eigenvalue weighted by molar-refractivity contribution is 7.87. The van der Waals surface area contributed by atoms with Crippen LogP contribution < -0.4 is 10.5 Å². The standard InChI is InChI=1S/C12H19N3O3S/c1-9(2)15(3)19(17,18)14-11(12(13)16)10-7-5-4-6-8-10/h4-9,11,14H,1-3H3,(H2,13,16)/t11-/m1/s1. The molecular formula is C12H19N3O3S. The number of benzene rings is 1. The summed E-state index contributed by atoms with van der Waals surface area (Å²) in [5.41, 5.74) is 5.78. The van der Waals surface area contributed by atoms with Crippen molar-refractivity contribution in [3.05, 3.63) is 35.9 Å². The predicted octanol–water partition coefficient (Wildman–Crippen LogP) is 0.388. The van der Waals surface area contributed by atoms with E-state index in [1.54, 1.807) is 44.2 Å². The van der Waals surface area contributed by atoms with E-state index in [-0.39, 0.29) is 6.04 Å². The monoisotopic (exact) mass is 285 g/mol. The quantitative estimate of drug-likeness (QED) is 0.791. The van der Waals surface area contributed by atoms with Gasteiger partial charge in [-0.15, -0.1) is 0 Å². The summed E-state index contributed by atoms with van der Waals surface area (Å²) in [6, 6.07) is 7.20. The van der Waals surface area contributed by atoms with Gasteiger partial charge in [-0.05, 0) is 19.4 Å². The SMILES string of the molecule is CC(C)N(C)S(=O)(=O)N[C@@H](C(N)=O)c1ccccc1. The fraction of sp³-hybridized carbons (Fsp3) is 0.417. The molecule has 19 heavy (non-hydrogen) atoms. The van der Waals surface area contributed by atoms with Gasteiger partial charge >= 0.3 is 0 Å². The molecule has 3 N–H and O–H groups in total. The van der Waals surface area contributed by atoms with Crippen molar-refractivity contribution in [2.24, 2.45) is 5.73 Å². The second-order valence-electron chi connectivity index (χ2n) is 4.48. The lowest BCUT2D eigenvalue weighted by molar-refractivity contribution is -0.119. The molecule has 0 spiro atoms. The second-order valence-corrected chi connectivity index (χ2v) is 6.24. The molecule has 0 bridgehead atoms. The normalized spacial score (nSPS) is 13.7. The number of hydrogen-bond acceptors (Lipinski definition) is 3. The molecule has 0 aromatic heterocycles. The van der Waals surface area contributed by atoms with E-state index in [0.717, 1.165) is 4.31 Å². The van der Waals surface area contributed by atoms with E-state index in [1.807, 2.05) is 0 Å². The van der Waals surface area contributed by atoms with E-state index in [0.29, 0.717) is 5.56 Å². The molecule has 0 aliphatic rings. The van der Waals surface area contributed by atoms with E-state index in [1.165, 1.54) is 7.05 Å². The van der Waals surface area contributed by atoms with E-state index >= 15 is 0 Å². The smallest absolute Gasteiger partial charge is 0.280 e. The largest absolute Gasteiger partial charge is 0.368 e. The zero-order valence-corrected chi connectivity index (χ0v) is 12.0. The minimum absolute atomic E-state index is 0.221. The molecule has 0 aliphatic carbocycles. The first-order valence-electron chi connectivity index (χ1n) is 5.85. The van der Waals surface area contributed by atoms with Crippen molar-refractivity contribution in [1.29, 1.82) is 0 Å². The van der Waals surface area contributed by atoms with Crippen LogP contribution >= 0.6 is 0 Å². The van der Waals surface area contributed by atoms with E-state index < -0.39 is 22.2 Å². The van der Waals surface area contributed by atoms with Crippen molar-refractivity contribution >= 4 is 16.1 Å². The van der Waals surface area contributed by atoms with Crippen LogP contribution in [0.2, 0.25) is 0 Å². The number of amides is 1. The molecule has 7 heteroatoms. The molecule has 0 aliphatic heterocycles. The molecule has 0 saturated heterocycles. The van der Waals surface area contributed by atoms with Crippen LogP contribution in [0.15, 0.2) is 30.3 Å².